The highest BCUT2D eigenvalue weighted by molar-refractivity contribution is 8.12. The molecule has 0 atom stereocenters. The molecule has 1 amide bonds. The van der Waals surface area contributed by atoms with Gasteiger partial charge in [-0.15, -0.1) is 0 Å². The zero-order chi connectivity index (χ0) is 8.27. The fraction of sp³-hybridized carbons (Fsp3) is 0.857. The first kappa shape index (κ1) is 8.87. The fourth-order valence-electron chi connectivity index (χ4n) is 1.17. The number of aliphatic hydroxyl groups is 1. The number of rotatable bonds is 2. The molecule has 0 aromatic heterocycles. The molecule has 1 saturated carbocycles. The summed E-state index contributed by atoms with van der Waals surface area (Å²) >= 11 is 1.19. The maximum atomic E-state index is 10.7. The molecule has 3 nitrogen and oxygen atoms in total. The summed E-state index contributed by atoms with van der Waals surface area (Å²) in [5.74, 6) is 0.501. The van der Waals surface area contributed by atoms with E-state index in [1.165, 1.54) is 11.8 Å². The van der Waals surface area contributed by atoms with Crippen LogP contribution in [0.1, 0.15) is 12.8 Å². The predicted octanol–water partition coefficient (Wildman–Crippen LogP) is 0.830. The van der Waals surface area contributed by atoms with Gasteiger partial charge in [-0.2, -0.15) is 0 Å². The van der Waals surface area contributed by atoms with E-state index in [0.717, 1.165) is 19.4 Å². The summed E-state index contributed by atoms with van der Waals surface area (Å²) in [5, 5.41) is 11.7. The monoisotopic (exact) mass is 175 g/mol. The lowest BCUT2D eigenvalue weighted by atomic mass is 9.82. The van der Waals surface area contributed by atoms with Gasteiger partial charge in [0.15, 0.2) is 0 Å². The van der Waals surface area contributed by atoms with Crippen LogP contribution in [0.5, 0.6) is 0 Å². The van der Waals surface area contributed by atoms with Crippen LogP contribution in [-0.2, 0) is 0 Å². The van der Waals surface area contributed by atoms with Gasteiger partial charge in [-0.3, -0.25) is 4.79 Å². The topological polar surface area (TPSA) is 49.3 Å². The van der Waals surface area contributed by atoms with Crippen molar-refractivity contribution in [1.29, 1.82) is 0 Å². The van der Waals surface area contributed by atoms with Crippen molar-refractivity contribution in [1.82, 2.24) is 5.32 Å². The Morgan fingerprint density at radius 2 is 2.36 bits per heavy atom. The van der Waals surface area contributed by atoms with Gasteiger partial charge in [0, 0.05) is 6.54 Å². The summed E-state index contributed by atoms with van der Waals surface area (Å²) in [6, 6.07) is 0. The molecule has 2 N–H and O–H groups in total. The van der Waals surface area contributed by atoms with Crippen LogP contribution >= 0.6 is 11.8 Å². The molecule has 1 aliphatic rings. The van der Waals surface area contributed by atoms with Gasteiger partial charge < -0.3 is 10.4 Å². The Balaban J connectivity index is 2.00. The van der Waals surface area contributed by atoms with Crippen molar-refractivity contribution in [2.75, 3.05) is 12.8 Å². The van der Waals surface area contributed by atoms with Crippen LogP contribution in [0.2, 0.25) is 0 Å². The third-order valence-corrected chi connectivity index (χ3v) is 2.45. The number of carbonyl (C=O) groups excluding carboxylic acids is 1. The summed E-state index contributed by atoms with van der Waals surface area (Å²) < 4.78 is 0. The highest BCUT2D eigenvalue weighted by Crippen LogP contribution is 2.26. The highest BCUT2D eigenvalue weighted by atomic mass is 32.2. The van der Waals surface area contributed by atoms with Gasteiger partial charge in [0.2, 0.25) is 0 Å². The quantitative estimate of drug-likeness (QED) is 0.653. The van der Waals surface area contributed by atoms with E-state index in [9.17, 15) is 4.79 Å². The van der Waals surface area contributed by atoms with Crippen molar-refractivity contribution in [3.8, 4) is 0 Å². The second-order valence-corrected chi connectivity index (χ2v) is 3.64. The summed E-state index contributed by atoms with van der Waals surface area (Å²) in [5.41, 5.74) is 0. The number of amides is 1. The molecule has 0 aromatic rings. The van der Waals surface area contributed by atoms with E-state index >= 15 is 0 Å². The Labute approximate surface area is 70.6 Å². The van der Waals surface area contributed by atoms with Gasteiger partial charge >= 0.3 is 0 Å². The van der Waals surface area contributed by atoms with Crippen LogP contribution in [0.4, 0.5) is 4.79 Å². The molecule has 1 aliphatic carbocycles. The summed E-state index contributed by atoms with van der Waals surface area (Å²) in [7, 11) is 0. The first-order valence-corrected chi connectivity index (χ1v) is 4.94. The third-order valence-electron chi connectivity index (χ3n) is 1.93. The lowest BCUT2D eigenvalue weighted by Gasteiger charge is -2.31. The molecule has 0 unspecified atom stereocenters. The fourth-order valence-corrected chi connectivity index (χ4v) is 1.39. The van der Waals surface area contributed by atoms with Crippen LogP contribution in [0.25, 0.3) is 0 Å². The van der Waals surface area contributed by atoms with E-state index in [2.05, 4.69) is 5.32 Å². The van der Waals surface area contributed by atoms with Crippen molar-refractivity contribution in [3.05, 3.63) is 0 Å². The Bertz CT molecular complexity index is 145. The van der Waals surface area contributed by atoms with Gasteiger partial charge in [-0.1, -0.05) is 11.8 Å². The molecule has 11 heavy (non-hydrogen) atoms. The second-order valence-electron chi connectivity index (χ2n) is 2.86. The summed E-state index contributed by atoms with van der Waals surface area (Å²) in [6.45, 7) is 0.719. The second kappa shape index (κ2) is 3.97. The molecule has 0 aliphatic heterocycles. The Hall–Kier alpha value is -0.220. The molecule has 0 heterocycles. The maximum Gasteiger partial charge on any atom is 0.278 e. The van der Waals surface area contributed by atoms with Gasteiger partial charge in [-0.25, -0.2) is 0 Å². The van der Waals surface area contributed by atoms with Crippen molar-refractivity contribution in [2.45, 2.75) is 18.9 Å². The lowest BCUT2D eigenvalue weighted by molar-refractivity contribution is 0.0445. The van der Waals surface area contributed by atoms with E-state index in [0.29, 0.717) is 5.92 Å². The van der Waals surface area contributed by atoms with Crippen LogP contribution in [0.3, 0.4) is 0 Å². The van der Waals surface area contributed by atoms with Crippen LogP contribution < -0.4 is 5.32 Å². The molecule has 0 spiro atoms. The summed E-state index contributed by atoms with van der Waals surface area (Å²) in [4.78, 5) is 10.7. The van der Waals surface area contributed by atoms with E-state index in [-0.39, 0.29) is 11.3 Å². The minimum atomic E-state index is -0.119. The molecule has 1 rings (SSSR count). The number of aliphatic hydroxyl groups excluding tert-OH is 1. The van der Waals surface area contributed by atoms with E-state index < -0.39 is 0 Å². The van der Waals surface area contributed by atoms with Gasteiger partial charge in [0.1, 0.15) is 0 Å². The first-order valence-electron chi connectivity index (χ1n) is 3.72. The lowest BCUT2D eigenvalue weighted by Crippen LogP contribution is -2.37. The van der Waals surface area contributed by atoms with Crippen molar-refractivity contribution in [3.63, 3.8) is 0 Å². The number of carbonyl (C=O) groups is 1. The third kappa shape index (κ3) is 2.71. The van der Waals surface area contributed by atoms with Gasteiger partial charge in [0.05, 0.1) is 6.10 Å². The summed E-state index contributed by atoms with van der Waals surface area (Å²) in [6.07, 6.45) is 3.32. The van der Waals surface area contributed by atoms with Gasteiger partial charge in [-0.05, 0) is 25.0 Å². The minimum Gasteiger partial charge on any atom is -0.393 e. The van der Waals surface area contributed by atoms with Crippen LogP contribution in [0, 0.1) is 5.92 Å². The number of hydrogen-bond acceptors (Lipinski definition) is 3. The highest BCUT2D eigenvalue weighted by Gasteiger charge is 2.26. The molecule has 1 fully saturated rings. The van der Waals surface area contributed by atoms with Crippen LogP contribution in [0.15, 0.2) is 0 Å². The van der Waals surface area contributed by atoms with E-state index in [1.54, 1.807) is 6.26 Å². The van der Waals surface area contributed by atoms with Crippen molar-refractivity contribution in [2.24, 2.45) is 5.92 Å². The largest absolute Gasteiger partial charge is 0.393 e. The molecule has 0 aromatic carbocycles. The van der Waals surface area contributed by atoms with Crippen LogP contribution in [-0.4, -0.2) is 29.3 Å². The molecular weight excluding hydrogens is 162 g/mol. The smallest absolute Gasteiger partial charge is 0.278 e. The molecule has 0 bridgehead atoms. The Kier molecular flexibility index (Phi) is 3.20. The zero-order valence-corrected chi connectivity index (χ0v) is 7.36. The molecule has 0 radical (unpaired) electrons. The predicted molar refractivity (Wildman–Crippen MR) is 45.6 cm³/mol. The molecule has 4 heteroatoms. The average Bonchev–Trinajstić information content (AvgIpc) is 1.95. The zero-order valence-electron chi connectivity index (χ0n) is 6.54. The van der Waals surface area contributed by atoms with E-state index in [1.807, 2.05) is 0 Å². The van der Waals surface area contributed by atoms with Crippen molar-refractivity contribution < 1.29 is 9.90 Å². The molecule has 64 valence electrons. The standard InChI is InChI=1S/C7H13NO2S/c1-11-7(10)8-4-5-2-6(9)3-5/h5-6,9H,2-4H2,1H3,(H,8,10). The maximum absolute atomic E-state index is 10.7. The normalized spacial score (nSPS) is 29.3. The first-order chi connectivity index (χ1) is 5.22. The molecule has 0 saturated heterocycles. The van der Waals surface area contributed by atoms with Crippen molar-refractivity contribution >= 4 is 17.0 Å². The minimum absolute atomic E-state index is 0.0198. The van der Waals surface area contributed by atoms with E-state index in [4.69, 9.17) is 5.11 Å². The molecular formula is C7H13NO2S. The Morgan fingerprint density at radius 1 is 1.73 bits per heavy atom. The average molecular weight is 175 g/mol. The number of thioether (sulfide) groups is 1. The number of hydrogen-bond donors (Lipinski definition) is 2. The van der Waals surface area contributed by atoms with Gasteiger partial charge in [0.25, 0.3) is 5.24 Å². The SMILES string of the molecule is CSC(=O)NCC1CC(O)C1. The Morgan fingerprint density at radius 3 is 2.82 bits per heavy atom. The number of nitrogens with one attached hydrogen (secondary N) is 1.